The van der Waals surface area contributed by atoms with E-state index in [2.05, 4.69) is 48.1 Å². The molecule has 160 valence electrons. The predicted molar refractivity (Wildman–Crippen MR) is 124 cm³/mol. The molecule has 4 aromatic rings. The molecule has 8 heteroatoms. The summed E-state index contributed by atoms with van der Waals surface area (Å²) in [4.78, 5) is 17.2. The number of carbonyl (C=O) groups excluding carboxylic acids is 1. The molecule has 0 atom stereocenters. The lowest BCUT2D eigenvalue weighted by molar-refractivity contribution is 0.102. The standard InChI is InChI=1S/C23H24N4O2S2/c1-14-12-18(15(2)27(14)21-24-10-11-30-21)19(28)13-31-22-26-25-20(29-22)16-6-8-17(9-7-16)23(3,4)5/h6-12H,13H2,1-5H3. The SMILES string of the molecule is Cc1cc(C(=O)CSc2nnc(-c3ccc(C(C)(C)C)cc3)o2)c(C)n1-c1nccs1. The van der Waals surface area contributed by atoms with E-state index in [9.17, 15) is 4.79 Å². The van der Waals surface area contributed by atoms with Crippen molar-refractivity contribution in [2.24, 2.45) is 0 Å². The highest BCUT2D eigenvalue weighted by atomic mass is 32.2. The smallest absolute Gasteiger partial charge is 0.277 e. The van der Waals surface area contributed by atoms with Gasteiger partial charge in [-0.3, -0.25) is 9.36 Å². The second kappa shape index (κ2) is 8.43. The van der Waals surface area contributed by atoms with Gasteiger partial charge < -0.3 is 4.42 Å². The third-order valence-corrected chi connectivity index (χ3v) is 6.65. The summed E-state index contributed by atoms with van der Waals surface area (Å²) in [5.74, 6) is 0.708. The fraction of sp³-hybridized carbons (Fsp3) is 0.304. The lowest BCUT2D eigenvalue weighted by atomic mass is 9.87. The number of ketones is 1. The van der Waals surface area contributed by atoms with E-state index in [1.807, 2.05) is 42.0 Å². The minimum absolute atomic E-state index is 0.0233. The van der Waals surface area contributed by atoms with Gasteiger partial charge in [-0.1, -0.05) is 44.7 Å². The normalized spacial score (nSPS) is 11.8. The van der Waals surface area contributed by atoms with Crippen LogP contribution < -0.4 is 0 Å². The summed E-state index contributed by atoms with van der Waals surface area (Å²) in [6, 6.07) is 10.0. The van der Waals surface area contributed by atoms with E-state index in [1.54, 1.807) is 17.5 Å². The maximum absolute atomic E-state index is 12.8. The molecule has 4 rings (SSSR count). The Kier molecular flexibility index (Phi) is 5.85. The van der Waals surface area contributed by atoms with Crippen LogP contribution in [0.1, 0.15) is 48.1 Å². The van der Waals surface area contributed by atoms with Gasteiger partial charge in [0.05, 0.1) is 5.75 Å². The number of nitrogens with zero attached hydrogens (tertiary/aromatic N) is 4. The van der Waals surface area contributed by atoms with Crippen LogP contribution in [0.5, 0.6) is 0 Å². The Morgan fingerprint density at radius 3 is 2.55 bits per heavy atom. The molecule has 0 radical (unpaired) electrons. The van der Waals surface area contributed by atoms with Crippen LogP contribution in [0.2, 0.25) is 0 Å². The van der Waals surface area contributed by atoms with Crippen molar-refractivity contribution in [2.75, 3.05) is 5.75 Å². The Bertz CT molecular complexity index is 1200. The summed E-state index contributed by atoms with van der Waals surface area (Å²) in [7, 11) is 0. The fourth-order valence-electron chi connectivity index (χ4n) is 3.37. The molecule has 0 N–H and O–H groups in total. The van der Waals surface area contributed by atoms with Gasteiger partial charge in [-0.2, -0.15) is 0 Å². The quantitative estimate of drug-likeness (QED) is 0.269. The first-order chi connectivity index (χ1) is 14.7. The number of rotatable bonds is 6. The van der Waals surface area contributed by atoms with Gasteiger partial charge >= 0.3 is 0 Å². The lowest BCUT2D eigenvalue weighted by Crippen LogP contribution is -2.10. The van der Waals surface area contributed by atoms with Gasteiger partial charge in [0.1, 0.15) is 0 Å². The highest BCUT2D eigenvalue weighted by Crippen LogP contribution is 2.28. The number of hydrogen-bond acceptors (Lipinski definition) is 7. The van der Waals surface area contributed by atoms with E-state index in [0.717, 1.165) is 22.1 Å². The zero-order valence-electron chi connectivity index (χ0n) is 18.2. The van der Waals surface area contributed by atoms with Crippen molar-refractivity contribution in [2.45, 2.75) is 45.3 Å². The van der Waals surface area contributed by atoms with Crippen LogP contribution >= 0.6 is 23.1 Å². The molecule has 0 amide bonds. The second-order valence-corrected chi connectivity index (χ2v) is 10.1. The lowest BCUT2D eigenvalue weighted by Gasteiger charge is -2.18. The number of thiazole rings is 1. The number of hydrogen-bond donors (Lipinski definition) is 0. The molecule has 0 aliphatic heterocycles. The van der Waals surface area contributed by atoms with E-state index in [0.29, 0.717) is 16.7 Å². The number of Topliss-reactive ketones (excluding diaryl/α,β-unsaturated/α-hetero) is 1. The third kappa shape index (κ3) is 4.50. The first-order valence-electron chi connectivity index (χ1n) is 9.93. The molecule has 6 nitrogen and oxygen atoms in total. The number of aromatic nitrogens is 4. The third-order valence-electron chi connectivity index (χ3n) is 5.07. The molecule has 0 aliphatic carbocycles. The van der Waals surface area contributed by atoms with Crippen LogP contribution in [0.15, 0.2) is 51.5 Å². The van der Waals surface area contributed by atoms with Gasteiger partial charge in [0.2, 0.25) is 5.89 Å². The summed E-state index contributed by atoms with van der Waals surface area (Å²) >= 11 is 2.80. The predicted octanol–water partition coefficient (Wildman–Crippen LogP) is 5.87. The molecule has 0 aliphatic rings. The van der Waals surface area contributed by atoms with Crippen LogP contribution in [0.4, 0.5) is 0 Å². The van der Waals surface area contributed by atoms with Crippen molar-refractivity contribution in [1.82, 2.24) is 19.7 Å². The summed E-state index contributed by atoms with van der Waals surface area (Å²) in [6.07, 6.45) is 1.76. The topological polar surface area (TPSA) is 73.8 Å². The summed E-state index contributed by atoms with van der Waals surface area (Å²) in [5.41, 5.74) is 4.77. The van der Waals surface area contributed by atoms with Crippen molar-refractivity contribution >= 4 is 28.9 Å². The molecular formula is C23H24N4O2S2. The summed E-state index contributed by atoms with van der Waals surface area (Å²) < 4.78 is 7.78. The van der Waals surface area contributed by atoms with Crippen LogP contribution in [-0.4, -0.2) is 31.3 Å². The highest BCUT2D eigenvalue weighted by Gasteiger charge is 2.19. The number of carbonyl (C=O) groups is 1. The van der Waals surface area contributed by atoms with Crippen molar-refractivity contribution in [3.63, 3.8) is 0 Å². The van der Waals surface area contributed by atoms with Gasteiger partial charge in [-0.25, -0.2) is 4.98 Å². The minimum Gasteiger partial charge on any atom is -0.411 e. The molecule has 0 saturated carbocycles. The Balaban J connectivity index is 1.44. The van der Waals surface area contributed by atoms with Crippen LogP contribution in [0.3, 0.4) is 0 Å². The first kappa shape index (κ1) is 21.5. The van der Waals surface area contributed by atoms with Crippen molar-refractivity contribution in [3.05, 3.63) is 64.4 Å². The largest absolute Gasteiger partial charge is 0.411 e. The maximum atomic E-state index is 12.8. The van der Waals surface area contributed by atoms with E-state index >= 15 is 0 Å². The molecule has 0 spiro atoms. The Morgan fingerprint density at radius 1 is 1.16 bits per heavy atom. The summed E-state index contributed by atoms with van der Waals surface area (Å²) in [5, 5.41) is 11.4. The van der Waals surface area contributed by atoms with E-state index in [4.69, 9.17) is 4.42 Å². The van der Waals surface area contributed by atoms with Crippen LogP contribution in [0, 0.1) is 13.8 Å². The monoisotopic (exact) mass is 452 g/mol. The average molecular weight is 453 g/mol. The van der Waals surface area contributed by atoms with E-state index in [1.165, 1.54) is 17.3 Å². The van der Waals surface area contributed by atoms with Gasteiger partial charge in [-0.15, -0.1) is 21.5 Å². The fourth-order valence-corrected chi connectivity index (χ4v) is 4.77. The van der Waals surface area contributed by atoms with E-state index < -0.39 is 0 Å². The van der Waals surface area contributed by atoms with Crippen molar-refractivity contribution in [1.29, 1.82) is 0 Å². The van der Waals surface area contributed by atoms with Crippen molar-refractivity contribution < 1.29 is 9.21 Å². The van der Waals surface area contributed by atoms with E-state index in [-0.39, 0.29) is 17.0 Å². The number of aryl methyl sites for hydroxylation is 1. The highest BCUT2D eigenvalue weighted by molar-refractivity contribution is 7.99. The zero-order chi connectivity index (χ0) is 22.2. The molecule has 31 heavy (non-hydrogen) atoms. The molecule has 0 fully saturated rings. The zero-order valence-corrected chi connectivity index (χ0v) is 19.8. The molecular weight excluding hydrogens is 428 g/mol. The second-order valence-electron chi connectivity index (χ2n) is 8.35. The van der Waals surface area contributed by atoms with Crippen LogP contribution in [0.25, 0.3) is 16.6 Å². The Hall–Kier alpha value is -2.71. The number of thioether (sulfide) groups is 1. The molecule has 1 aromatic carbocycles. The minimum atomic E-state index is 0.0233. The van der Waals surface area contributed by atoms with Gasteiger partial charge in [0, 0.05) is 34.1 Å². The molecule has 0 saturated heterocycles. The number of benzene rings is 1. The Morgan fingerprint density at radius 2 is 1.90 bits per heavy atom. The van der Waals surface area contributed by atoms with Gasteiger partial charge in [0.15, 0.2) is 10.9 Å². The van der Waals surface area contributed by atoms with Crippen LogP contribution in [-0.2, 0) is 5.41 Å². The molecule has 0 unspecified atom stereocenters. The maximum Gasteiger partial charge on any atom is 0.277 e. The molecule has 0 bridgehead atoms. The van der Waals surface area contributed by atoms with Gasteiger partial charge in [0.25, 0.3) is 5.22 Å². The molecule has 3 heterocycles. The van der Waals surface area contributed by atoms with Crippen molar-refractivity contribution in [3.8, 4) is 16.6 Å². The molecule has 3 aromatic heterocycles. The first-order valence-corrected chi connectivity index (χ1v) is 11.8. The Labute approximate surface area is 189 Å². The summed E-state index contributed by atoms with van der Waals surface area (Å²) in [6.45, 7) is 10.4. The van der Waals surface area contributed by atoms with Gasteiger partial charge in [-0.05, 0) is 43.0 Å². The average Bonchev–Trinajstić information content (AvgIpc) is 3.46.